The Kier molecular flexibility index (Phi) is 8.27. The predicted octanol–water partition coefficient (Wildman–Crippen LogP) is 5.71. The van der Waals surface area contributed by atoms with Crippen molar-refractivity contribution in [2.24, 2.45) is 0 Å². The van der Waals surface area contributed by atoms with E-state index in [9.17, 15) is 35.6 Å². The zero-order valence-electron chi connectivity index (χ0n) is 17.9. The number of benzene rings is 3. The lowest BCUT2D eigenvalue weighted by Gasteiger charge is -2.12. The molecule has 13 heteroatoms. The molecule has 0 aliphatic rings. The van der Waals surface area contributed by atoms with Crippen LogP contribution in [0.15, 0.2) is 60.7 Å². The van der Waals surface area contributed by atoms with Crippen molar-refractivity contribution in [1.29, 1.82) is 0 Å². The van der Waals surface area contributed by atoms with E-state index in [1.54, 1.807) is 0 Å². The summed E-state index contributed by atoms with van der Waals surface area (Å²) in [5.74, 6) is -4.10. The zero-order valence-corrected chi connectivity index (χ0v) is 20.2. The summed E-state index contributed by atoms with van der Waals surface area (Å²) in [6.07, 6.45) is -5.62. The molecule has 0 radical (unpaired) electrons. The van der Waals surface area contributed by atoms with Crippen molar-refractivity contribution in [2.45, 2.75) is 12.6 Å². The van der Waals surface area contributed by atoms with Crippen LogP contribution >= 0.6 is 23.2 Å². The van der Waals surface area contributed by atoms with Gasteiger partial charge in [-0.25, -0.2) is 12.8 Å². The van der Waals surface area contributed by atoms with Gasteiger partial charge in [-0.15, -0.1) is 0 Å². The average Bonchev–Trinajstić information content (AvgIpc) is 2.72. The van der Waals surface area contributed by atoms with Crippen molar-refractivity contribution in [1.82, 2.24) is 4.72 Å². The van der Waals surface area contributed by atoms with E-state index < -0.39 is 45.9 Å². The number of sulfonamides is 1. The summed E-state index contributed by atoms with van der Waals surface area (Å²) < 4.78 is 80.1. The molecule has 3 rings (SSSR count). The van der Waals surface area contributed by atoms with Crippen LogP contribution in [0.3, 0.4) is 0 Å². The number of ketones is 1. The molecule has 0 aromatic heterocycles. The lowest BCUT2D eigenvalue weighted by Crippen LogP contribution is -2.38. The Balaban J connectivity index is 1.73. The first-order valence-electron chi connectivity index (χ1n) is 9.88. The third-order valence-electron chi connectivity index (χ3n) is 4.45. The summed E-state index contributed by atoms with van der Waals surface area (Å²) in [4.78, 5) is 24.5. The van der Waals surface area contributed by atoms with Gasteiger partial charge in [0.2, 0.25) is 15.9 Å². The molecule has 190 valence electrons. The van der Waals surface area contributed by atoms with Gasteiger partial charge < -0.3 is 4.74 Å². The van der Waals surface area contributed by atoms with Gasteiger partial charge >= 0.3 is 6.18 Å². The number of rotatable bonds is 8. The first-order chi connectivity index (χ1) is 16.7. The van der Waals surface area contributed by atoms with Gasteiger partial charge in [-0.2, -0.15) is 13.2 Å². The number of alkyl halides is 3. The molecule has 1 N–H and O–H groups in total. The summed E-state index contributed by atoms with van der Waals surface area (Å²) in [6, 6.07) is 13.1. The molecule has 6 nitrogen and oxygen atoms in total. The van der Waals surface area contributed by atoms with E-state index in [-0.39, 0.29) is 38.2 Å². The summed E-state index contributed by atoms with van der Waals surface area (Å²) in [7, 11) is -4.92. The molecule has 0 spiro atoms. The SMILES string of the molecule is O=C(Cc1cc(Cl)cc(Oc2ccc(C(=O)c3ccc(F)cc3)cc2Cl)c1)NS(=O)(=O)CC(F)(F)F. The van der Waals surface area contributed by atoms with Gasteiger partial charge in [0.15, 0.2) is 11.5 Å². The van der Waals surface area contributed by atoms with Gasteiger partial charge in [-0.1, -0.05) is 23.2 Å². The molecule has 3 aromatic carbocycles. The first kappa shape index (κ1) is 27.4. The number of nitrogens with one attached hydrogen (secondary N) is 1. The van der Waals surface area contributed by atoms with Crippen LogP contribution in [0.1, 0.15) is 21.5 Å². The minimum Gasteiger partial charge on any atom is -0.456 e. The molecular formula is C23H15Cl2F4NO5S. The number of amides is 1. The predicted molar refractivity (Wildman–Crippen MR) is 124 cm³/mol. The van der Waals surface area contributed by atoms with Gasteiger partial charge in [0.05, 0.1) is 11.4 Å². The topological polar surface area (TPSA) is 89.5 Å². The van der Waals surface area contributed by atoms with Crippen LogP contribution in [0.5, 0.6) is 11.5 Å². The number of halogens is 6. The molecule has 3 aromatic rings. The van der Waals surface area contributed by atoms with Crippen LogP contribution in [-0.2, 0) is 21.2 Å². The number of hydrogen-bond donors (Lipinski definition) is 1. The van der Waals surface area contributed by atoms with E-state index in [1.165, 1.54) is 53.3 Å². The van der Waals surface area contributed by atoms with Crippen molar-refractivity contribution < 1.29 is 40.3 Å². The van der Waals surface area contributed by atoms with E-state index >= 15 is 0 Å². The molecular weight excluding hydrogens is 549 g/mol. The van der Waals surface area contributed by atoms with Crippen LogP contribution in [0.25, 0.3) is 0 Å². The van der Waals surface area contributed by atoms with E-state index in [1.807, 2.05) is 0 Å². The fourth-order valence-electron chi connectivity index (χ4n) is 3.05. The van der Waals surface area contributed by atoms with Crippen LogP contribution < -0.4 is 9.46 Å². The maximum absolute atomic E-state index is 13.1. The van der Waals surface area contributed by atoms with Crippen LogP contribution in [0.2, 0.25) is 10.0 Å². The molecule has 1 amide bonds. The van der Waals surface area contributed by atoms with Crippen LogP contribution in [-0.4, -0.2) is 32.0 Å². The summed E-state index contributed by atoms with van der Waals surface area (Å²) in [5.41, 5.74) is 0.607. The fraction of sp³-hybridized carbons (Fsp3) is 0.130. The Hall–Kier alpha value is -3.15. The molecule has 0 saturated heterocycles. The highest BCUT2D eigenvalue weighted by atomic mass is 35.5. The maximum Gasteiger partial charge on any atom is 0.404 e. The Morgan fingerprint density at radius 3 is 2.17 bits per heavy atom. The number of carbonyl (C=O) groups excluding carboxylic acids is 2. The molecule has 0 heterocycles. The van der Waals surface area contributed by atoms with Crippen molar-refractivity contribution in [3.05, 3.63) is 93.2 Å². The minimum absolute atomic E-state index is 0.0421. The Bertz CT molecular complexity index is 1410. The van der Waals surface area contributed by atoms with Crippen molar-refractivity contribution in [3.8, 4) is 11.5 Å². The second-order valence-corrected chi connectivity index (χ2v) is 10.0. The highest BCUT2D eigenvalue weighted by molar-refractivity contribution is 7.90. The summed E-state index contributed by atoms with van der Waals surface area (Å²) >= 11 is 12.3. The van der Waals surface area contributed by atoms with Crippen LogP contribution in [0, 0.1) is 5.82 Å². The highest BCUT2D eigenvalue weighted by Gasteiger charge is 2.35. The quantitative estimate of drug-likeness (QED) is 0.280. The third-order valence-corrected chi connectivity index (χ3v) is 6.21. The monoisotopic (exact) mass is 563 g/mol. The van der Waals surface area contributed by atoms with Crippen molar-refractivity contribution >= 4 is 44.9 Å². The molecule has 0 saturated carbocycles. The molecule has 0 unspecified atom stereocenters. The fourth-order valence-corrected chi connectivity index (χ4v) is 4.44. The first-order valence-corrected chi connectivity index (χ1v) is 12.3. The number of hydrogen-bond acceptors (Lipinski definition) is 5. The smallest absolute Gasteiger partial charge is 0.404 e. The van der Waals surface area contributed by atoms with Crippen LogP contribution in [0.4, 0.5) is 17.6 Å². The number of ether oxygens (including phenoxy) is 1. The molecule has 36 heavy (non-hydrogen) atoms. The van der Waals surface area contributed by atoms with Crippen molar-refractivity contribution in [3.63, 3.8) is 0 Å². The Labute approximate surface area is 212 Å². The van der Waals surface area contributed by atoms with E-state index in [4.69, 9.17) is 27.9 Å². The van der Waals surface area contributed by atoms with Gasteiger partial charge in [0.25, 0.3) is 0 Å². The van der Waals surface area contributed by atoms with Crippen molar-refractivity contribution in [2.75, 3.05) is 5.75 Å². The van der Waals surface area contributed by atoms with E-state index in [0.717, 1.165) is 12.1 Å². The van der Waals surface area contributed by atoms with Gasteiger partial charge in [0, 0.05) is 16.1 Å². The molecule has 0 bridgehead atoms. The van der Waals surface area contributed by atoms with E-state index in [2.05, 4.69) is 0 Å². The Morgan fingerprint density at radius 2 is 1.56 bits per heavy atom. The van der Waals surface area contributed by atoms with Gasteiger partial charge in [-0.05, 0) is 66.2 Å². The summed E-state index contributed by atoms with van der Waals surface area (Å²) in [5, 5.41) is 0.133. The van der Waals surface area contributed by atoms with Gasteiger partial charge in [-0.3, -0.25) is 14.3 Å². The lowest BCUT2D eigenvalue weighted by molar-refractivity contribution is -0.118. The van der Waals surface area contributed by atoms with Gasteiger partial charge in [0.1, 0.15) is 17.3 Å². The number of carbonyl (C=O) groups is 2. The molecule has 0 fully saturated rings. The second kappa shape index (κ2) is 10.9. The van der Waals surface area contributed by atoms with E-state index in [0.29, 0.717) is 0 Å². The lowest BCUT2D eigenvalue weighted by atomic mass is 10.0. The zero-order chi connectivity index (χ0) is 26.7. The minimum atomic E-state index is -5.01. The highest BCUT2D eigenvalue weighted by Crippen LogP contribution is 2.33. The normalized spacial score (nSPS) is 11.7. The second-order valence-electron chi connectivity index (χ2n) is 7.45. The Morgan fingerprint density at radius 1 is 0.917 bits per heavy atom. The largest absolute Gasteiger partial charge is 0.456 e. The molecule has 0 atom stereocenters. The summed E-state index contributed by atoms with van der Waals surface area (Å²) in [6.45, 7) is 0. The molecule has 0 aliphatic heterocycles. The maximum atomic E-state index is 13.1. The third kappa shape index (κ3) is 7.94. The standard InChI is InChI=1S/C23H15Cl2F4NO5S/c24-16-7-13(9-21(31)30-36(33,34)12-23(27,28)29)8-18(11-16)35-20-6-3-15(10-19(20)25)22(32)14-1-4-17(26)5-2-14/h1-8,10-11H,9,12H2,(H,30,31). The average molecular weight is 564 g/mol. The molecule has 0 aliphatic carbocycles.